The molecular weight excluding hydrogens is 310 g/mol. The van der Waals surface area contributed by atoms with Gasteiger partial charge in [-0.1, -0.05) is 44.2 Å². The van der Waals surface area contributed by atoms with E-state index in [0.717, 1.165) is 5.75 Å². The second-order valence-corrected chi connectivity index (χ2v) is 7.89. The maximum atomic E-state index is 12.6. The largest absolute Gasteiger partial charge is 0.481 e. The average Bonchev–Trinajstić information content (AvgIpc) is 2.99. The number of hydrogen-bond acceptors (Lipinski definition) is 3. The number of carbonyl (C=O) groups is 2. The highest BCUT2D eigenvalue weighted by atomic mass is 32.2. The zero-order chi connectivity index (χ0) is 17.0. The number of amides is 1. The standard InChI is InChI=1S/C18H25NO3S/c1-13(2)18(17(21)22)9-10-19(12-18)16(20)14(3)23-11-15-7-5-4-6-8-15/h4-8,13-14H,9-12H2,1-3H3,(H,21,22). The number of aliphatic carboxylic acids is 1. The Kier molecular flexibility index (Phi) is 5.74. The number of rotatable bonds is 6. The molecule has 1 saturated heterocycles. The summed E-state index contributed by atoms with van der Waals surface area (Å²) in [4.78, 5) is 26.0. The third-order valence-electron chi connectivity index (χ3n) is 4.83. The molecule has 2 atom stereocenters. The van der Waals surface area contributed by atoms with Crippen LogP contribution in [0.5, 0.6) is 0 Å². The molecule has 23 heavy (non-hydrogen) atoms. The predicted octanol–water partition coefficient (Wildman–Crippen LogP) is 3.27. The second-order valence-electron chi connectivity index (χ2n) is 6.56. The molecule has 5 heteroatoms. The number of carboxylic acids is 1. The van der Waals surface area contributed by atoms with Gasteiger partial charge in [-0.05, 0) is 24.8 Å². The van der Waals surface area contributed by atoms with Gasteiger partial charge in [0.2, 0.25) is 5.91 Å². The molecule has 1 amide bonds. The van der Waals surface area contributed by atoms with Gasteiger partial charge >= 0.3 is 5.97 Å². The molecule has 0 aromatic heterocycles. The van der Waals surface area contributed by atoms with Crippen LogP contribution in [0.3, 0.4) is 0 Å². The highest BCUT2D eigenvalue weighted by Gasteiger charge is 2.48. The first kappa shape index (κ1) is 17.9. The second kappa shape index (κ2) is 7.39. The zero-order valence-electron chi connectivity index (χ0n) is 14.0. The normalized spacial score (nSPS) is 22.3. The molecular formula is C18H25NO3S. The maximum absolute atomic E-state index is 12.6. The van der Waals surface area contributed by atoms with Crippen molar-refractivity contribution in [1.29, 1.82) is 0 Å². The fourth-order valence-electron chi connectivity index (χ4n) is 3.04. The summed E-state index contributed by atoms with van der Waals surface area (Å²) >= 11 is 1.60. The van der Waals surface area contributed by atoms with Gasteiger partial charge in [-0.2, -0.15) is 0 Å². The third kappa shape index (κ3) is 3.89. The predicted molar refractivity (Wildman–Crippen MR) is 93.3 cm³/mol. The number of benzene rings is 1. The minimum atomic E-state index is -0.792. The number of carboxylic acid groups (broad SMARTS) is 1. The van der Waals surface area contributed by atoms with Crippen LogP contribution in [-0.4, -0.2) is 40.2 Å². The van der Waals surface area contributed by atoms with Gasteiger partial charge in [0.25, 0.3) is 0 Å². The van der Waals surface area contributed by atoms with Crippen molar-refractivity contribution in [2.75, 3.05) is 13.1 Å². The van der Waals surface area contributed by atoms with Crippen molar-refractivity contribution in [1.82, 2.24) is 4.90 Å². The minimum Gasteiger partial charge on any atom is -0.481 e. The lowest BCUT2D eigenvalue weighted by molar-refractivity contribution is -0.151. The van der Waals surface area contributed by atoms with E-state index < -0.39 is 11.4 Å². The van der Waals surface area contributed by atoms with Gasteiger partial charge in [0.15, 0.2) is 0 Å². The molecule has 1 aliphatic rings. The molecule has 2 rings (SSSR count). The zero-order valence-corrected chi connectivity index (χ0v) is 14.8. The van der Waals surface area contributed by atoms with E-state index in [2.05, 4.69) is 0 Å². The van der Waals surface area contributed by atoms with Crippen LogP contribution in [0.1, 0.15) is 32.8 Å². The first-order valence-corrected chi connectivity index (χ1v) is 9.09. The van der Waals surface area contributed by atoms with Crippen LogP contribution >= 0.6 is 11.8 Å². The van der Waals surface area contributed by atoms with Gasteiger partial charge in [0.1, 0.15) is 0 Å². The van der Waals surface area contributed by atoms with Crippen LogP contribution in [0, 0.1) is 11.3 Å². The first-order valence-electron chi connectivity index (χ1n) is 8.04. The number of thioether (sulfide) groups is 1. The summed E-state index contributed by atoms with van der Waals surface area (Å²) in [7, 11) is 0. The Hall–Kier alpha value is -1.49. The molecule has 0 bridgehead atoms. The fraction of sp³-hybridized carbons (Fsp3) is 0.556. The lowest BCUT2D eigenvalue weighted by Gasteiger charge is -2.29. The number of likely N-dealkylation sites (tertiary alicyclic amines) is 1. The molecule has 1 N–H and O–H groups in total. The molecule has 2 unspecified atom stereocenters. The summed E-state index contributed by atoms with van der Waals surface area (Å²) in [6.45, 7) is 6.63. The first-order chi connectivity index (χ1) is 10.9. The average molecular weight is 335 g/mol. The van der Waals surface area contributed by atoms with Crippen molar-refractivity contribution in [3.05, 3.63) is 35.9 Å². The number of carbonyl (C=O) groups excluding carboxylic acids is 1. The molecule has 0 aliphatic carbocycles. The maximum Gasteiger partial charge on any atom is 0.311 e. The van der Waals surface area contributed by atoms with Crippen LogP contribution in [0.2, 0.25) is 0 Å². The van der Waals surface area contributed by atoms with Crippen molar-refractivity contribution in [2.45, 2.75) is 38.2 Å². The summed E-state index contributed by atoms with van der Waals surface area (Å²) in [6.07, 6.45) is 0.543. The molecule has 1 fully saturated rings. The van der Waals surface area contributed by atoms with Gasteiger partial charge < -0.3 is 10.0 Å². The molecule has 4 nitrogen and oxygen atoms in total. The summed E-state index contributed by atoms with van der Waals surface area (Å²) in [5.41, 5.74) is 0.403. The van der Waals surface area contributed by atoms with Crippen molar-refractivity contribution < 1.29 is 14.7 Å². The summed E-state index contributed by atoms with van der Waals surface area (Å²) in [5, 5.41) is 9.42. The van der Waals surface area contributed by atoms with E-state index in [1.54, 1.807) is 16.7 Å². The fourth-order valence-corrected chi connectivity index (χ4v) is 3.96. The third-order valence-corrected chi connectivity index (χ3v) is 6.04. The van der Waals surface area contributed by atoms with E-state index in [9.17, 15) is 14.7 Å². The van der Waals surface area contributed by atoms with E-state index in [1.165, 1.54) is 5.56 Å². The Morgan fingerprint density at radius 3 is 2.43 bits per heavy atom. The molecule has 0 saturated carbocycles. The molecule has 0 spiro atoms. The lowest BCUT2D eigenvalue weighted by Crippen LogP contribution is -2.42. The highest BCUT2D eigenvalue weighted by Crippen LogP contribution is 2.38. The Morgan fingerprint density at radius 2 is 1.91 bits per heavy atom. The monoisotopic (exact) mass is 335 g/mol. The Balaban J connectivity index is 1.94. The van der Waals surface area contributed by atoms with E-state index >= 15 is 0 Å². The van der Waals surface area contributed by atoms with Crippen LogP contribution in [0.25, 0.3) is 0 Å². The van der Waals surface area contributed by atoms with Gasteiger partial charge in [-0.15, -0.1) is 11.8 Å². The van der Waals surface area contributed by atoms with Crippen LogP contribution < -0.4 is 0 Å². The smallest absolute Gasteiger partial charge is 0.311 e. The van der Waals surface area contributed by atoms with Crippen LogP contribution in [-0.2, 0) is 15.3 Å². The van der Waals surface area contributed by atoms with Gasteiger partial charge in [0.05, 0.1) is 10.7 Å². The van der Waals surface area contributed by atoms with Crippen molar-refractivity contribution >= 4 is 23.6 Å². The number of nitrogens with zero attached hydrogens (tertiary/aromatic N) is 1. The quantitative estimate of drug-likeness (QED) is 0.867. The molecule has 1 aliphatic heterocycles. The van der Waals surface area contributed by atoms with Gasteiger partial charge in [-0.25, -0.2) is 0 Å². The van der Waals surface area contributed by atoms with E-state index in [0.29, 0.717) is 19.5 Å². The van der Waals surface area contributed by atoms with Crippen molar-refractivity contribution in [3.8, 4) is 0 Å². The van der Waals surface area contributed by atoms with E-state index in [-0.39, 0.29) is 17.1 Å². The molecule has 126 valence electrons. The van der Waals surface area contributed by atoms with Crippen molar-refractivity contribution in [2.24, 2.45) is 11.3 Å². The Bertz CT molecular complexity index is 561. The van der Waals surface area contributed by atoms with Gasteiger partial charge in [0, 0.05) is 18.8 Å². The summed E-state index contributed by atoms with van der Waals surface area (Å²) in [6, 6.07) is 10.1. The SMILES string of the molecule is CC(SCc1ccccc1)C(=O)N1CCC(C(=O)O)(C(C)C)C1. The summed E-state index contributed by atoms with van der Waals surface area (Å²) in [5.74, 6) is 0.0720. The minimum absolute atomic E-state index is 0.0186. The van der Waals surface area contributed by atoms with Crippen LogP contribution in [0.15, 0.2) is 30.3 Å². The summed E-state index contributed by atoms with van der Waals surface area (Å²) < 4.78 is 0. The van der Waals surface area contributed by atoms with Crippen LogP contribution in [0.4, 0.5) is 0 Å². The van der Waals surface area contributed by atoms with E-state index in [1.807, 2.05) is 51.1 Å². The molecule has 1 heterocycles. The topological polar surface area (TPSA) is 57.6 Å². The lowest BCUT2D eigenvalue weighted by atomic mass is 9.76. The number of hydrogen-bond donors (Lipinski definition) is 1. The van der Waals surface area contributed by atoms with Gasteiger partial charge in [-0.3, -0.25) is 9.59 Å². The Labute approximate surface area is 142 Å². The van der Waals surface area contributed by atoms with Crippen molar-refractivity contribution in [3.63, 3.8) is 0 Å². The highest BCUT2D eigenvalue weighted by molar-refractivity contribution is 7.99. The van der Waals surface area contributed by atoms with E-state index in [4.69, 9.17) is 0 Å². The Morgan fingerprint density at radius 1 is 1.26 bits per heavy atom. The molecule has 1 aromatic carbocycles. The molecule has 0 radical (unpaired) electrons. The molecule has 1 aromatic rings.